The Balaban J connectivity index is 0.000001000. The molecule has 3 atom stereocenters. The molecule has 1 saturated carbocycles. The highest BCUT2D eigenvalue weighted by Gasteiger charge is 2.34. The number of hydrogen-bond donors (Lipinski definition) is 2. The summed E-state index contributed by atoms with van der Waals surface area (Å²) in [5.41, 5.74) is 1.46. The van der Waals surface area contributed by atoms with Crippen molar-refractivity contribution in [2.75, 3.05) is 13.1 Å². The molecule has 2 N–H and O–H groups in total. The highest BCUT2D eigenvalue weighted by molar-refractivity contribution is 8.93. The molecule has 0 aromatic heterocycles. The molecule has 3 unspecified atom stereocenters. The van der Waals surface area contributed by atoms with E-state index in [1.54, 1.807) is 0 Å². The van der Waals surface area contributed by atoms with Crippen LogP contribution in [0.1, 0.15) is 31.2 Å². The van der Waals surface area contributed by atoms with Gasteiger partial charge >= 0.3 is 0 Å². The quantitative estimate of drug-likeness (QED) is 0.732. The number of halogens is 2. The molecule has 2 saturated heterocycles. The third-order valence-electron chi connectivity index (χ3n) is 4.52. The average molecular weight is 406 g/mol. The summed E-state index contributed by atoms with van der Waals surface area (Å²) < 4.78 is 0. The van der Waals surface area contributed by atoms with Crippen LogP contribution in [0.5, 0.6) is 0 Å². The van der Waals surface area contributed by atoms with Crippen LogP contribution in [0.15, 0.2) is 30.3 Å². The van der Waals surface area contributed by atoms with E-state index in [1.165, 1.54) is 44.2 Å². The van der Waals surface area contributed by atoms with Crippen molar-refractivity contribution in [3.8, 4) is 0 Å². The molecule has 4 heteroatoms. The summed E-state index contributed by atoms with van der Waals surface area (Å²) in [7, 11) is 0. The van der Waals surface area contributed by atoms with Gasteiger partial charge in [-0.05, 0) is 56.7 Å². The maximum atomic E-state index is 3.76. The second kappa shape index (κ2) is 9.19. The highest BCUT2D eigenvalue weighted by atomic mass is 79.9. The average Bonchev–Trinajstić information content (AvgIpc) is 2.46. The standard InChI is InChI=1S/C16H24N2.2BrH/c1-2-5-13(6-3-1)7-4-10-17-16-11-14-8-9-15(16)18-12-14;;/h1-3,5-6,14-18H,4,7-12H2;2*1H. The van der Waals surface area contributed by atoms with Gasteiger partial charge in [-0.25, -0.2) is 0 Å². The summed E-state index contributed by atoms with van der Waals surface area (Å²) in [6.07, 6.45) is 6.66. The van der Waals surface area contributed by atoms with Crippen LogP contribution in [0.25, 0.3) is 0 Å². The number of piperidine rings is 2. The fourth-order valence-corrected chi connectivity index (χ4v) is 3.46. The first-order valence-corrected chi connectivity index (χ1v) is 7.42. The predicted molar refractivity (Wildman–Crippen MR) is 96.3 cm³/mol. The van der Waals surface area contributed by atoms with E-state index in [0.29, 0.717) is 0 Å². The van der Waals surface area contributed by atoms with Crippen LogP contribution < -0.4 is 10.6 Å². The van der Waals surface area contributed by atoms with Gasteiger partial charge in [0.2, 0.25) is 0 Å². The molecule has 0 amide bonds. The lowest BCUT2D eigenvalue weighted by Crippen LogP contribution is -2.58. The Hall–Kier alpha value is 0.100. The van der Waals surface area contributed by atoms with Crippen molar-refractivity contribution in [2.24, 2.45) is 5.92 Å². The lowest BCUT2D eigenvalue weighted by atomic mass is 9.78. The first kappa shape index (κ1) is 18.1. The molecule has 3 fully saturated rings. The minimum Gasteiger partial charge on any atom is -0.312 e. The van der Waals surface area contributed by atoms with Crippen LogP contribution in [0.3, 0.4) is 0 Å². The van der Waals surface area contributed by atoms with Gasteiger partial charge in [0.05, 0.1) is 0 Å². The maximum absolute atomic E-state index is 3.76. The van der Waals surface area contributed by atoms with Crippen molar-refractivity contribution in [3.05, 3.63) is 35.9 Å². The third kappa shape index (κ3) is 4.83. The van der Waals surface area contributed by atoms with E-state index in [-0.39, 0.29) is 34.0 Å². The summed E-state index contributed by atoms with van der Waals surface area (Å²) in [6, 6.07) is 12.3. The normalized spacial score (nSPS) is 27.5. The zero-order valence-electron chi connectivity index (χ0n) is 11.9. The molecule has 2 nitrogen and oxygen atoms in total. The van der Waals surface area contributed by atoms with Crippen molar-refractivity contribution >= 4 is 34.0 Å². The fraction of sp³-hybridized carbons (Fsp3) is 0.625. The molecular formula is C16H26Br2N2. The first-order valence-electron chi connectivity index (χ1n) is 7.42. The molecule has 2 heterocycles. The van der Waals surface area contributed by atoms with E-state index < -0.39 is 0 Å². The molecule has 2 aliphatic heterocycles. The van der Waals surface area contributed by atoms with Crippen LogP contribution >= 0.6 is 34.0 Å². The van der Waals surface area contributed by atoms with Crippen LogP contribution in [-0.2, 0) is 6.42 Å². The lowest BCUT2D eigenvalue weighted by molar-refractivity contribution is 0.160. The Kier molecular flexibility index (Phi) is 8.34. The second-order valence-electron chi connectivity index (χ2n) is 5.84. The van der Waals surface area contributed by atoms with Gasteiger partial charge in [-0.1, -0.05) is 30.3 Å². The first-order chi connectivity index (χ1) is 8.92. The van der Waals surface area contributed by atoms with Crippen molar-refractivity contribution in [2.45, 2.75) is 44.2 Å². The van der Waals surface area contributed by atoms with Crippen molar-refractivity contribution < 1.29 is 0 Å². The minimum atomic E-state index is 0. The molecule has 1 aromatic rings. The molecule has 4 rings (SSSR count). The van der Waals surface area contributed by atoms with Crippen molar-refractivity contribution in [1.82, 2.24) is 10.6 Å². The molecule has 3 aliphatic rings. The minimum absolute atomic E-state index is 0. The van der Waals surface area contributed by atoms with E-state index in [1.807, 2.05) is 0 Å². The largest absolute Gasteiger partial charge is 0.312 e. The second-order valence-corrected chi connectivity index (χ2v) is 5.84. The summed E-state index contributed by atoms with van der Waals surface area (Å²) >= 11 is 0. The van der Waals surface area contributed by atoms with Gasteiger partial charge in [0.25, 0.3) is 0 Å². The number of aryl methyl sites for hydroxylation is 1. The topological polar surface area (TPSA) is 24.1 Å². The van der Waals surface area contributed by atoms with Gasteiger partial charge in [-0.3, -0.25) is 0 Å². The number of rotatable bonds is 5. The van der Waals surface area contributed by atoms with Crippen LogP contribution in [0.2, 0.25) is 0 Å². The predicted octanol–water partition coefficient (Wildman–Crippen LogP) is 3.51. The smallest absolute Gasteiger partial charge is 0.0224 e. The van der Waals surface area contributed by atoms with Crippen molar-refractivity contribution in [3.63, 3.8) is 0 Å². The van der Waals surface area contributed by atoms with Gasteiger partial charge in [0.15, 0.2) is 0 Å². The Bertz CT molecular complexity index is 364. The number of fused-ring (bicyclic) bond motifs is 3. The molecule has 1 aromatic carbocycles. The Morgan fingerprint density at radius 1 is 1.10 bits per heavy atom. The maximum Gasteiger partial charge on any atom is 0.0224 e. The van der Waals surface area contributed by atoms with E-state index >= 15 is 0 Å². The van der Waals surface area contributed by atoms with Crippen molar-refractivity contribution in [1.29, 1.82) is 0 Å². The third-order valence-corrected chi connectivity index (χ3v) is 4.52. The Labute approximate surface area is 143 Å². The summed E-state index contributed by atoms with van der Waals surface area (Å²) in [5, 5.41) is 7.43. The van der Waals surface area contributed by atoms with Gasteiger partial charge in [0.1, 0.15) is 0 Å². The molecule has 20 heavy (non-hydrogen) atoms. The highest BCUT2D eigenvalue weighted by Crippen LogP contribution is 2.29. The van der Waals surface area contributed by atoms with Crippen LogP contribution in [-0.4, -0.2) is 25.2 Å². The fourth-order valence-electron chi connectivity index (χ4n) is 3.46. The molecule has 2 bridgehead atoms. The summed E-state index contributed by atoms with van der Waals surface area (Å²) in [6.45, 7) is 2.41. The van der Waals surface area contributed by atoms with Gasteiger partial charge in [-0.15, -0.1) is 34.0 Å². The molecular weight excluding hydrogens is 380 g/mol. The van der Waals surface area contributed by atoms with E-state index in [2.05, 4.69) is 41.0 Å². The number of hydrogen-bond acceptors (Lipinski definition) is 2. The van der Waals surface area contributed by atoms with Gasteiger partial charge in [0, 0.05) is 12.1 Å². The molecule has 1 aliphatic carbocycles. The SMILES string of the molecule is Br.Br.c1ccc(CCCNC2CC3CCC2NC3)cc1. The molecule has 0 radical (unpaired) electrons. The number of benzene rings is 1. The summed E-state index contributed by atoms with van der Waals surface area (Å²) in [5.74, 6) is 0.932. The Morgan fingerprint density at radius 3 is 2.50 bits per heavy atom. The van der Waals surface area contributed by atoms with E-state index in [4.69, 9.17) is 0 Å². The number of nitrogens with one attached hydrogen (secondary N) is 2. The van der Waals surface area contributed by atoms with Crippen LogP contribution in [0, 0.1) is 5.92 Å². The van der Waals surface area contributed by atoms with Crippen LogP contribution in [0.4, 0.5) is 0 Å². The summed E-state index contributed by atoms with van der Waals surface area (Å²) in [4.78, 5) is 0. The zero-order valence-corrected chi connectivity index (χ0v) is 15.3. The monoisotopic (exact) mass is 404 g/mol. The molecule has 0 spiro atoms. The van der Waals surface area contributed by atoms with Gasteiger partial charge < -0.3 is 10.6 Å². The van der Waals surface area contributed by atoms with E-state index in [9.17, 15) is 0 Å². The van der Waals surface area contributed by atoms with E-state index in [0.717, 1.165) is 24.5 Å². The molecule has 114 valence electrons. The lowest BCUT2D eigenvalue weighted by Gasteiger charge is -2.43. The Morgan fingerprint density at radius 2 is 1.90 bits per heavy atom. The van der Waals surface area contributed by atoms with Gasteiger partial charge in [-0.2, -0.15) is 0 Å². The zero-order chi connectivity index (χ0) is 12.2.